The van der Waals surface area contributed by atoms with Crippen molar-refractivity contribution in [3.05, 3.63) is 22.8 Å². The molecule has 1 rings (SSSR count). The van der Waals surface area contributed by atoms with Gasteiger partial charge in [0.15, 0.2) is 9.84 Å². The third kappa shape index (κ3) is 5.17. The van der Waals surface area contributed by atoms with Gasteiger partial charge in [0.05, 0.1) is 0 Å². The molecule has 0 saturated heterocycles. The van der Waals surface area contributed by atoms with Crippen LogP contribution < -0.4 is 5.32 Å². The van der Waals surface area contributed by atoms with E-state index in [0.29, 0.717) is 17.8 Å². The second-order valence-electron chi connectivity index (χ2n) is 5.76. The van der Waals surface area contributed by atoms with Crippen molar-refractivity contribution in [2.24, 2.45) is 0 Å². The van der Waals surface area contributed by atoms with E-state index in [4.69, 9.17) is 0 Å². The van der Waals surface area contributed by atoms with Crippen LogP contribution in [0, 0.1) is 13.8 Å². The Morgan fingerprint density at radius 3 is 2.00 bits per heavy atom. The molecule has 1 aromatic rings. The Bertz CT molecular complexity index is 545. The van der Waals surface area contributed by atoms with Crippen LogP contribution in [-0.4, -0.2) is 37.2 Å². The Morgan fingerprint density at radius 2 is 1.60 bits per heavy atom. The number of aryl methyl sites for hydroxylation is 2. The first-order valence-electron chi connectivity index (χ1n) is 6.85. The summed E-state index contributed by atoms with van der Waals surface area (Å²) in [5.41, 5.74) is 2.85. The Hall–Kier alpha value is -1.01. The molecule has 5 nitrogen and oxygen atoms in total. The Labute approximate surface area is 122 Å². The van der Waals surface area contributed by atoms with Gasteiger partial charge in [-0.2, -0.15) is 0 Å². The molecular formula is C14H25N3O2S. The zero-order valence-corrected chi connectivity index (χ0v) is 14.0. The molecule has 1 aromatic heterocycles. The van der Waals surface area contributed by atoms with Crippen molar-refractivity contribution in [2.45, 2.75) is 52.3 Å². The minimum atomic E-state index is -3.10. The topological polar surface area (TPSA) is 72.0 Å². The maximum absolute atomic E-state index is 11.3. The molecule has 6 heteroatoms. The Morgan fingerprint density at radius 1 is 1.10 bits per heavy atom. The number of nitrogens with zero attached hydrogens (tertiary/aromatic N) is 2. The van der Waals surface area contributed by atoms with Crippen molar-refractivity contribution < 1.29 is 8.42 Å². The molecule has 0 radical (unpaired) electrons. The molecule has 0 saturated carbocycles. The van der Waals surface area contributed by atoms with Gasteiger partial charge in [-0.25, -0.2) is 18.4 Å². The number of hydrogen-bond donors (Lipinski definition) is 1. The fraction of sp³-hybridized carbons (Fsp3) is 0.714. The lowest BCUT2D eigenvalue weighted by Gasteiger charge is -2.19. The van der Waals surface area contributed by atoms with Crippen molar-refractivity contribution in [1.82, 2.24) is 15.3 Å². The normalized spacial score (nSPS) is 13.8. The van der Waals surface area contributed by atoms with E-state index in [9.17, 15) is 8.42 Å². The van der Waals surface area contributed by atoms with Crippen LogP contribution in [0.1, 0.15) is 49.5 Å². The van der Waals surface area contributed by atoms with Crippen LogP contribution in [0.2, 0.25) is 0 Å². The van der Waals surface area contributed by atoms with Gasteiger partial charge >= 0.3 is 0 Å². The van der Waals surface area contributed by atoms with Gasteiger partial charge in [-0.3, -0.25) is 0 Å². The zero-order chi connectivity index (χ0) is 15.5. The second kappa shape index (κ2) is 6.63. The minimum Gasteiger partial charge on any atom is -0.314 e. The average Bonchev–Trinajstić information content (AvgIpc) is 2.22. The third-order valence-corrected chi connectivity index (χ3v) is 3.87. The first-order valence-corrected chi connectivity index (χ1v) is 8.91. The van der Waals surface area contributed by atoms with E-state index in [2.05, 4.69) is 36.1 Å². The van der Waals surface area contributed by atoms with Crippen LogP contribution in [0.25, 0.3) is 0 Å². The average molecular weight is 299 g/mol. The van der Waals surface area contributed by atoms with Gasteiger partial charge in [0.2, 0.25) is 0 Å². The summed E-state index contributed by atoms with van der Waals surface area (Å²) < 4.78 is 22.7. The zero-order valence-electron chi connectivity index (χ0n) is 13.2. The van der Waals surface area contributed by atoms with E-state index in [1.165, 1.54) is 6.26 Å². The summed E-state index contributed by atoms with van der Waals surface area (Å²) in [5.74, 6) is 0.577. The van der Waals surface area contributed by atoms with E-state index in [1.807, 2.05) is 13.8 Å². The number of aromatic nitrogens is 2. The van der Waals surface area contributed by atoms with E-state index >= 15 is 0 Å². The molecule has 0 spiro atoms. The van der Waals surface area contributed by atoms with Crippen LogP contribution >= 0.6 is 0 Å². The van der Waals surface area contributed by atoms with E-state index in [-0.39, 0.29) is 5.75 Å². The molecule has 0 aliphatic carbocycles. The van der Waals surface area contributed by atoms with Gasteiger partial charge in [-0.15, -0.1) is 0 Å². The highest BCUT2D eigenvalue weighted by Gasteiger charge is 2.17. The summed E-state index contributed by atoms with van der Waals surface area (Å²) in [6, 6.07) is 0.434. The first-order chi connectivity index (χ1) is 9.10. The summed E-state index contributed by atoms with van der Waals surface area (Å²) in [6.07, 6.45) is 1.20. The quantitative estimate of drug-likeness (QED) is 0.866. The summed E-state index contributed by atoms with van der Waals surface area (Å²) in [7, 11) is -3.10. The van der Waals surface area contributed by atoms with Gasteiger partial charge < -0.3 is 5.32 Å². The van der Waals surface area contributed by atoms with E-state index in [0.717, 1.165) is 23.5 Å². The molecule has 1 atom stereocenters. The molecule has 0 aromatic carbocycles. The first kappa shape index (κ1) is 17.0. The van der Waals surface area contributed by atoms with Crippen LogP contribution in [0.15, 0.2) is 0 Å². The van der Waals surface area contributed by atoms with E-state index in [1.54, 1.807) is 0 Å². The molecule has 0 bridgehead atoms. The van der Waals surface area contributed by atoms with Gasteiger partial charge in [-0.1, -0.05) is 20.8 Å². The standard InChI is InChI=1S/C14H25N3O2S/c1-9(2)15-7-10(3)14-11(4)16-13(17-12(14)5)8-20(6,18)19/h9-10,15H,7-8H2,1-6H3. The lowest BCUT2D eigenvalue weighted by molar-refractivity contribution is 0.543. The van der Waals surface area contributed by atoms with Crippen LogP contribution in [-0.2, 0) is 15.6 Å². The maximum Gasteiger partial charge on any atom is 0.154 e. The van der Waals surface area contributed by atoms with Crippen LogP contribution in [0.4, 0.5) is 0 Å². The molecule has 0 amide bonds. The van der Waals surface area contributed by atoms with Crippen LogP contribution in [0.5, 0.6) is 0 Å². The van der Waals surface area contributed by atoms with Crippen molar-refractivity contribution in [1.29, 1.82) is 0 Å². The van der Waals surface area contributed by atoms with Gasteiger partial charge in [0.25, 0.3) is 0 Å². The molecule has 0 fully saturated rings. The van der Waals surface area contributed by atoms with Crippen molar-refractivity contribution in [3.8, 4) is 0 Å². The Balaban J connectivity index is 3.00. The summed E-state index contributed by atoms with van der Waals surface area (Å²) in [6.45, 7) is 11.0. The van der Waals surface area contributed by atoms with Crippen molar-refractivity contribution in [3.63, 3.8) is 0 Å². The highest BCUT2D eigenvalue weighted by atomic mass is 32.2. The van der Waals surface area contributed by atoms with Crippen LogP contribution in [0.3, 0.4) is 0 Å². The van der Waals surface area contributed by atoms with Crippen molar-refractivity contribution >= 4 is 9.84 Å². The summed E-state index contributed by atoms with van der Waals surface area (Å²) in [5, 5.41) is 3.40. The predicted molar refractivity (Wildman–Crippen MR) is 81.6 cm³/mol. The number of hydrogen-bond acceptors (Lipinski definition) is 5. The lowest BCUT2D eigenvalue weighted by atomic mass is 9.98. The molecule has 0 aliphatic heterocycles. The third-order valence-electron chi connectivity index (χ3n) is 3.09. The fourth-order valence-corrected chi connectivity index (χ4v) is 2.92. The molecule has 1 N–H and O–H groups in total. The van der Waals surface area contributed by atoms with Gasteiger partial charge in [0, 0.05) is 30.2 Å². The largest absolute Gasteiger partial charge is 0.314 e. The second-order valence-corrected chi connectivity index (χ2v) is 7.90. The SMILES string of the molecule is Cc1nc(CS(C)(=O)=O)nc(C)c1C(C)CNC(C)C. The molecule has 0 aliphatic rings. The number of nitrogens with one attached hydrogen (secondary N) is 1. The Kier molecular flexibility index (Phi) is 5.65. The number of rotatable bonds is 6. The summed E-state index contributed by atoms with van der Waals surface area (Å²) >= 11 is 0. The predicted octanol–water partition coefficient (Wildman–Crippen LogP) is 1.74. The lowest BCUT2D eigenvalue weighted by Crippen LogP contribution is -2.28. The minimum absolute atomic E-state index is 0.104. The molecular weight excluding hydrogens is 274 g/mol. The number of sulfone groups is 1. The summed E-state index contributed by atoms with van der Waals surface area (Å²) in [4.78, 5) is 8.70. The molecule has 114 valence electrons. The fourth-order valence-electron chi connectivity index (χ4n) is 2.32. The monoisotopic (exact) mass is 299 g/mol. The maximum atomic E-state index is 11.3. The van der Waals surface area contributed by atoms with Crippen molar-refractivity contribution in [2.75, 3.05) is 12.8 Å². The highest BCUT2D eigenvalue weighted by molar-refractivity contribution is 7.89. The smallest absolute Gasteiger partial charge is 0.154 e. The molecule has 1 heterocycles. The van der Waals surface area contributed by atoms with E-state index < -0.39 is 9.84 Å². The molecule has 20 heavy (non-hydrogen) atoms. The highest BCUT2D eigenvalue weighted by Crippen LogP contribution is 2.21. The van der Waals surface area contributed by atoms with Gasteiger partial charge in [-0.05, 0) is 25.3 Å². The van der Waals surface area contributed by atoms with Gasteiger partial charge in [0.1, 0.15) is 11.6 Å². The molecule has 1 unspecified atom stereocenters.